The molecule has 0 saturated heterocycles. The van der Waals surface area contributed by atoms with E-state index in [0.717, 1.165) is 24.1 Å². The highest BCUT2D eigenvalue weighted by Gasteiger charge is 2.48. The maximum Gasteiger partial charge on any atom is 0.231 e. The molecule has 3 N–H and O–H groups in total. The molecule has 2 rings (SSSR count). The molecule has 1 fully saturated rings. The molecule has 0 bridgehead atoms. The minimum atomic E-state index is -0.308. The number of hydrogen-bond donors (Lipinski definition) is 2. The summed E-state index contributed by atoms with van der Waals surface area (Å²) in [5.41, 5.74) is 7.17. The highest BCUT2D eigenvalue weighted by Crippen LogP contribution is 2.45. The summed E-state index contributed by atoms with van der Waals surface area (Å²) in [6.45, 7) is 0.975. The molecule has 92 valence electrons. The van der Waals surface area contributed by atoms with E-state index in [4.69, 9.17) is 10.5 Å². The molecule has 4 nitrogen and oxygen atoms in total. The number of hydrogen-bond acceptors (Lipinski definition) is 3. The summed E-state index contributed by atoms with van der Waals surface area (Å²) in [5.74, 6) is 0.0366. The van der Waals surface area contributed by atoms with E-state index < -0.39 is 0 Å². The van der Waals surface area contributed by atoms with E-state index in [2.05, 4.69) is 5.32 Å². The average Bonchev–Trinajstić information content (AvgIpc) is 3.11. The normalized spacial score (nSPS) is 16.6. The topological polar surface area (TPSA) is 64.3 Å². The van der Waals surface area contributed by atoms with E-state index in [1.807, 2.05) is 24.3 Å². The van der Waals surface area contributed by atoms with Crippen LogP contribution in [0.25, 0.3) is 0 Å². The lowest BCUT2D eigenvalue weighted by atomic mass is 10.1. The van der Waals surface area contributed by atoms with Gasteiger partial charge >= 0.3 is 0 Å². The summed E-state index contributed by atoms with van der Waals surface area (Å²) < 4.78 is 5.06. The van der Waals surface area contributed by atoms with Crippen LogP contribution >= 0.6 is 0 Å². The Hall–Kier alpha value is -1.39. The third-order valence-corrected chi connectivity index (χ3v) is 3.22. The van der Waals surface area contributed by atoms with Crippen LogP contribution < -0.4 is 11.1 Å². The zero-order chi connectivity index (χ0) is 12.3. The number of anilines is 1. The van der Waals surface area contributed by atoms with Crippen LogP contribution in [0.1, 0.15) is 18.4 Å². The number of benzene rings is 1. The maximum atomic E-state index is 12.0. The lowest BCUT2D eigenvalue weighted by Crippen LogP contribution is -2.30. The molecular formula is C13H18N2O2. The van der Waals surface area contributed by atoms with Crippen molar-refractivity contribution in [3.63, 3.8) is 0 Å². The van der Waals surface area contributed by atoms with Gasteiger partial charge < -0.3 is 15.8 Å². The van der Waals surface area contributed by atoms with Crippen LogP contribution in [0.4, 0.5) is 5.69 Å². The Morgan fingerprint density at radius 2 is 2.29 bits per heavy atom. The van der Waals surface area contributed by atoms with Gasteiger partial charge in [0.15, 0.2) is 0 Å². The molecule has 17 heavy (non-hydrogen) atoms. The van der Waals surface area contributed by atoms with Crippen molar-refractivity contribution >= 4 is 11.6 Å². The zero-order valence-corrected chi connectivity index (χ0v) is 10.0. The molecule has 0 aliphatic heterocycles. The van der Waals surface area contributed by atoms with Crippen molar-refractivity contribution in [3.05, 3.63) is 29.8 Å². The molecular weight excluding hydrogens is 216 g/mol. The SMILES string of the molecule is COCc1cccc(NC(=O)C2(CN)CC2)c1. The first kappa shape index (κ1) is 12.1. The number of nitrogens with one attached hydrogen (secondary N) is 1. The van der Waals surface area contributed by atoms with Crippen LogP contribution in [0.15, 0.2) is 24.3 Å². The molecule has 0 spiro atoms. The van der Waals surface area contributed by atoms with Crippen LogP contribution in [-0.2, 0) is 16.1 Å². The fourth-order valence-electron chi connectivity index (χ4n) is 1.84. The summed E-state index contributed by atoms with van der Waals surface area (Å²) >= 11 is 0. The average molecular weight is 234 g/mol. The Balaban J connectivity index is 2.03. The second-order valence-corrected chi connectivity index (χ2v) is 4.57. The van der Waals surface area contributed by atoms with Crippen LogP contribution in [0.3, 0.4) is 0 Å². The van der Waals surface area contributed by atoms with Crippen molar-refractivity contribution < 1.29 is 9.53 Å². The second kappa shape index (κ2) is 4.85. The van der Waals surface area contributed by atoms with E-state index >= 15 is 0 Å². The molecule has 0 atom stereocenters. The zero-order valence-electron chi connectivity index (χ0n) is 10.0. The van der Waals surface area contributed by atoms with Crippen LogP contribution in [-0.4, -0.2) is 19.6 Å². The smallest absolute Gasteiger partial charge is 0.231 e. The maximum absolute atomic E-state index is 12.0. The van der Waals surface area contributed by atoms with Crippen molar-refractivity contribution in [2.24, 2.45) is 11.1 Å². The van der Waals surface area contributed by atoms with E-state index in [-0.39, 0.29) is 11.3 Å². The van der Waals surface area contributed by atoms with Gasteiger partial charge in [-0.15, -0.1) is 0 Å². The summed E-state index contributed by atoms with van der Waals surface area (Å²) in [6.07, 6.45) is 1.79. The largest absolute Gasteiger partial charge is 0.380 e. The number of nitrogens with two attached hydrogens (primary N) is 1. The van der Waals surface area contributed by atoms with Crippen LogP contribution in [0.5, 0.6) is 0 Å². The molecule has 0 radical (unpaired) electrons. The molecule has 1 aliphatic rings. The van der Waals surface area contributed by atoms with Gasteiger partial charge in [-0.2, -0.15) is 0 Å². The molecule has 1 saturated carbocycles. The van der Waals surface area contributed by atoms with Crippen molar-refractivity contribution in [3.8, 4) is 0 Å². The molecule has 1 aromatic carbocycles. The molecule has 0 aromatic heterocycles. The van der Waals surface area contributed by atoms with Crippen LogP contribution in [0.2, 0.25) is 0 Å². The van der Waals surface area contributed by atoms with Gasteiger partial charge in [-0.1, -0.05) is 12.1 Å². The fraction of sp³-hybridized carbons (Fsp3) is 0.462. The van der Waals surface area contributed by atoms with Gasteiger partial charge in [-0.25, -0.2) is 0 Å². The minimum Gasteiger partial charge on any atom is -0.380 e. The minimum absolute atomic E-state index is 0.0366. The molecule has 1 aromatic rings. The molecule has 4 heteroatoms. The fourth-order valence-corrected chi connectivity index (χ4v) is 1.84. The molecule has 0 heterocycles. The summed E-state index contributed by atoms with van der Waals surface area (Å²) in [5, 5.41) is 2.92. The lowest BCUT2D eigenvalue weighted by molar-refractivity contribution is -0.120. The third-order valence-electron chi connectivity index (χ3n) is 3.22. The van der Waals surface area contributed by atoms with Gasteiger partial charge in [0.1, 0.15) is 0 Å². The Bertz CT molecular complexity index is 414. The quantitative estimate of drug-likeness (QED) is 0.811. The summed E-state index contributed by atoms with van der Waals surface area (Å²) in [7, 11) is 1.65. The van der Waals surface area contributed by atoms with Gasteiger partial charge in [0.05, 0.1) is 12.0 Å². The van der Waals surface area contributed by atoms with E-state index in [1.54, 1.807) is 7.11 Å². The Morgan fingerprint density at radius 3 is 2.88 bits per heavy atom. The van der Waals surface area contributed by atoms with Gasteiger partial charge in [0.2, 0.25) is 5.91 Å². The number of ether oxygens (including phenoxy) is 1. The van der Waals surface area contributed by atoms with E-state index in [0.29, 0.717) is 13.2 Å². The highest BCUT2D eigenvalue weighted by molar-refractivity contribution is 5.97. The molecule has 1 amide bonds. The van der Waals surface area contributed by atoms with E-state index in [9.17, 15) is 4.79 Å². The predicted octanol–water partition coefficient (Wildman–Crippen LogP) is 1.51. The van der Waals surface area contributed by atoms with Gasteiger partial charge in [-0.3, -0.25) is 4.79 Å². The van der Waals surface area contributed by atoms with Crippen LogP contribution in [0, 0.1) is 5.41 Å². The van der Waals surface area contributed by atoms with Crippen molar-refractivity contribution in [1.82, 2.24) is 0 Å². The van der Waals surface area contributed by atoms with Gasteiger partial charge in [0.25, 0.3) is 0 Å². The number of carbonyl (C=O) groups excluding carboxylic acids is 1. The van der Waals surface area contributed by atoms with Gasteiger partial charge in [-0.05, 0) is 30.5 Å². The molecule has 0 unspecified atom stereocenters. The Labute approximate surface area is 101 Å². The summed E-state index contributed by atoms with van der Waals surface area (Å²) in [6, 6.07) is 7.68. The van der Waals surface area contributed by atoms with Crippen molar-refractivity contribution in [1.29, 1.82) is 0 Å². The number of methoxy groups -OCH3 is 1. The van der Waals surface area contributed by atoms with Crippen molar-refractivity contribution in [2.45, 2.75) is 19.4 Å². The predicted molar refractivity (Wildman–Crippen MR) is 66.5 cm³/mol. The first-order valence-electron chi connectivity index (χ1n) is 5.79. The lowest BCUT2D eigenvalue weighted by Gasteiger charge is -2.13. The monoisotopic (exact) mass is 234 g/mol. The Kier molecular flexibility index (Phi) is 3.45. The standard InChI is InChI=1S/C13H18N2O2/c1-17-8-10-3-2-4-11(7-10)15-12(16)13(9-14)5-6-13/h2-4,7H,5-6,8-9,14H2,1H3,(H,15,16). The third kappa shape index (κ3) is 2.65. The summed E-state index contributed by atoms with van der Waals surface area (Å²) in [4.78, 5) is 12.0. The Morgan fingerprint density at radius 1 is 1.53 bits per heavy atom. The molecule has 1 aliphatic carbocycles. The first-order chi connectivity index (χ1) is 8.20. The van der Waals surface area contributed by atoms with Crippen molar-refractivity contribution in [2.75, 3.05) is 19.0 Å². The number of amides is 1. The second-order valence-electron chi connectivity index (χ2n) is 4.57. The first-order valence-corrected chi connectivity index (χ1v) is 5.79. The number of carbonyl (C=O) groups is 1. The van der Waals surface area contributed by atoms with E-state index in [1.165, 1.54) is 0 Å². The number of rotatable bonds is 5. The highest BCUT2D eigenvalue weighted by atomic mass is 16.5. The van der Waals surface area contributed by atoms with Gasteiger partial charge in [0, 0.05) is 19.3 Å².